The van der Waals surface area contributed by atoms with E-state index in [-0.39, 0.29) is 4.90 Å². The maximum absolute atomic E-state index is 12.1. The molecule has 0 heterocycles. The van der Waals surface area contributed by atoms with E-state index in [2.05, 4.69) is 25.9 Å². The second kappa shape index (κ2) is 8.50. The van der Waals surface area contributed by atoms with E-state index >= 15 is 0 Å². The van der Waals surface area contributed by atoms with E-state index < -0.39 is 10.0 Å². The lowest BCUT2D eigenvalue weighted by Crippen LogP contribution is -2.18. The molecule has 0 fully saturated rings. The lowest BCUT2D eigenvalue weighted by molar-refractivity contribution is 0.317. The summed E-state index contributed by atoms with van der Waals surface area (Å²) in [7, 11) is -3.75. The highest BCUT2D eigenvalue weighted by molar-refractivity contribution is 9.10. The van der Waals surface area contributed by atoms with Crippen LogP contribution in [0.1, 0.15) is 18.9 Å². The number of hydrazone groups is 1. The molecule has 8 heteroatoms. The van der Waals surface area contributed by atoms with Gasteiger partial charge in [0.1, 0.15) is 5.75 Å². The van der Waals surface area contributed by atoms with Crippen molar-refractivity contribution in [2.45, 2.75) is 18.2 Å². The number of sulfonamides is 1. The van der Waals surface area contributed by atoms with Crippen LogP contribution in [0, 0.1) is 0 Å². The monoisotopic (exact) mass is 430 g/mol. The summed E-state index contributed by atoms with van der Waals surface area (Å²) in [6, 6.07) is 11.3. The fourth-order valence-electron chi connectivity index (χ4n) is 1.80. The van der Waals surface area contributed by atoms with Crippen LogP contribution in [0.15, 0.2) is 56.9 Å². The van der Waals surface area contributed by atoms with Crippen LogP contribution in [0.5, 0.6) is 5.75 Å². The van der Waals surface area contributed by atoms with Gasteiger partial charge in [-0.1, -0.05) is 34.5 Å². The Balaban J connectivity index is 2.16. The largest absolute Gasteiger partial charge is 0.493 e. The Morgan fingerprint density at radius 2 is 1.96 bits per heavy atom. The molecule has 2 aromatic carbocycles. The fourth-order valence-corrected chi connectivity index (χ4v) is 3.09. The summed E-state index contributed by atoms with van der Waals surface area (Å²) < 4.78 is 30.8. The van der Waals surface area contributed by atoms with Crippen molar-refractivity contribution in [3.05, 3.63) is 57.5 Å². The Labute approximate surface area is 154 Å². The molecule has 0 aliphatic heterocycles. The molecule has 128 valence electrons. The zero-order chi connectivity index (χ0) is 17.6. The van der Waals surface area contributed by atoms with Gasteiger partial charge in [-0.2, -0.15) is 13.5 Å². The standard InChI is InChI=1S/C16H16BrClN2O3S/c1-2-9-23-16-8-3-13(17)10-12(16)11-19-20-24(21,22)15-6-4-14(18)5-7-15/h3-8,10-11,20H,2,9H2,1H3/b19-11-. The van der Waals surface area contributed by atoms with E-state index in [0.717, 1.165) is 10.9 Å². The highest BCUT2D eigenvalue weighted by Gasteiger charge is 2.12. The third-order valence-electron chi connectivity index (χ3n) is 2.93. The number of rotatable bonds is 7. The zero-order valence-corrected chi connectivity index (χ0v) is 16.0. The SMILES string of the molecule is CCCOc1ccc(Br)cc1/C=N\NS(=O)(=O)c1ccc(Cl)cc1. The van der Waals surface area contributed by atoms with E-state index in [9.17, 15) is 8.42 Å². The average Bonchev–Trinajstić information content (AvgIpc) is 2.54. The minimum absolute atomic E-state index is 0.0840. The Morgan fingerprint density at radius 3 is 2.62 bits per heavy atom. The van der Waals surface area contributed by atoms with Gasteiger partial charge in [-0.05, 0) is 48.9 Å². The Morgan fingerprint density at radius 1 is 1.25 bits per heavy atom. The first kappa shape index (κ1) is 18.8. The molecule has 0 aliphatic rings. The van der Waals surface area contributed by atoms with E-state index in [1.54, 1.807) is 12.1 Å². The summed E-state index contributed by atoms with van der Waals surface area (Å²) >= 11 is 9.13. The minimum atomic E-state index is -3.75. The quantitative estimate of drug-likeness (QED) is 0.527. The summed E-state index contributed by atoms with van der Waals surface area (Å²) in [5, 5.41) is 4.29. The van der Waals surface area contributed by atoms with Crippen LogP contribution in [0.2, 0.25) is 5.02 Å². The van der Waals surface area contributed by atoms with Gasteiger partial charge in [0.15, 0.2) is 0 Å². The predicted molar refractivity (Wildman–Crippen MR) is 99.3 cm³/mol. The Kier molecular flexibility index (Phi) is 6.65. The zero-order valence-electron chi connectivity index (χ0n) is 12.9. The Hall–Kier alpha value is -1.57. The van der Waals surface area contributed by atoms with Crippen molar-refractivity contribution >= 4 is 43.8 Å². The van der Waals surface area contributed by atoms with Gasteiger partial charge in [-0.3, -0.25) is 0 Å². The summed E-state index contributed by atoms with van der Waals surface area (Å²) in [6.45, 7) is 2.58. The Bertz CT molecular complexity index is 824. The van der Waals surface area contributed by atoms with E-state index in [1.165, 1.54) is 30.5 Å². The highest BCUT2D eigenvalue weighted by atomic mass is 79.9. The molecule has 0 bridgehead atoms. The molecule has 0 amide bonds. The van der Waals surface area contributed by atoms with Crippen molar-refractivity contribution in [2.75, 3.05) is 6.61 Å². The van der Waals surface area contributed by atoms with Crippen molar-refractivity contribution in [2.24, 2.45) is 5.10 Å². The number of nitrogens with zero attached hydrogens (tertiary/aromatic N) is 1. The molecule has 0 radical (unpaired) electrons. The minimum Gasteiger partial charge on any atom is -0.493 e. The molecule has 0 unspecified atom stereocenters. The molecule has 0 saturated carbocycles. The van der Waals surface area contributed by atoms with Crippen LogP contribution in [0.25, 0.3) is 0 Å². The first-order valence-electron chi connectivity index (χ1n) is 7.15. The van der Waals surface area contributed by atoms with E-state index in [0.29, 0.717) is 22.9 Å². The van der Waals surface area contributed by atoms with Crippen LogP contribution in [0.3, 0.4) is 0 Å². The third-order valence-corrected chi connectivity index (χ3v) is 4.92. The van der Waals surface area contributed by atoms with Gasteiger partial charge in [-0.15, -0.1) is 0 Å². The van der Waals surface area contributed by atoms with Crippen molar-refractivity contribution in [3.8, 4) is 5.75 Å². The maximum atomic E-state index is 12.1. The summed E-state index contributed by atoms with van der Waals surface area (Å²) in [5.41, 5.74) is 0.664. The van der Waals surface area contributed by atoms with Crippen molar-refractivity contribution in [1.29, 1.82) is 0 Å². The molecule has 1 N–H and O–H groups in total. The van der Waals surface area contributed by atoms with E-state index in [1.807, 2.05) is 13.0 Å². The molecule has 5 nitrogen and oxygen atoms in total. The van der Waals surface area contributed by atoms with Crippen molar-refractivity contribution < 1.29 is 13.2 Å². The number of benzene rings is 2. The van der Waals surface area contributed by atoms with Crippen molar-refractivity contribution in [1.82, 2.24) is 4.83 Å². The molecule has 0 aromatic heterocycles. The van der Waals surface area contributed by atoms with Crippen LogP contribution in [0.4, 0.5) is 0 Å². The first-order chi connectivity index (χ1) is 11.4. The van der Waals surface area contributed by atoms with Gasteiger partial charge in [0, 0.05) is 15.1 Å². The third kappa shape index (κ3) is 5.22. The summed E-state index contributed by atoms with van der Waals surface area (Å²) in [6.07, 6.45) is 2.28. The molecule has 0 aliphatic carbocycles. The molecule has 2 rings (SSSR count). The average molecular weight is 432 g/mol. The molecule has 0 atom stereocenters. The van der Waals surface area contributed by atoms with Crippen molar-refractivity contribution in [3.63, 3.8) is 0 Å². The second-order valence-corrected chi connectivity index (χ2v) is 7.85. The van der Waals surface area contributed by atoms with Crippen LogP contribution < -0.4 is 9.57 Å². The number of ether oxygens (including phenoxy) is 1. The molecule has 24 heavy (non-hydrogen) atoms. The number of nitrogens with one attached hydrogen (secondary N) is 1. The summed E-state index contributed by atoms with van der Waals surface area (Å²) in [4.78, 5) is 2.26. The normalized spacial score (nSPS) is 11.6. The highest BCUT2D eigenvalue weighted by Crippen LogP contribution is 2.22. The van der Waals surface area contributed by atoms with Gasteiger partial charge in [-0.25, -0.2) is 4.83 Å². The molecule has 2 aromatic rings. The van der Waals surface area contributed by atoms with Crippen LogP contribution in [-0.4, -0.2) is 21.2 Å². The molecular weight excluding hydrogens is 416 g/mol. The van der Waals surface area contributed by atoms with Gasteiger partial charge in [0.25, 0.3) is 10.0 Å². The number of hydrogen-bond acceptors (Lipinski definition) is 4. The predicted octanol–water partition coefficient (Wildman–Crippen LogP) is 4.20. The smallest absolute Gasteiger partial charge is 0.276 e. The summed E-state index contributed by atoms with van der Waals surface area (Å²) in [5.74, 6) is 0.634. The second-order valence-electron chi connectivity index (χ2n) is 4.84. The van der Waals surface area contributed by atoms with Gasteiger partial charge in [0.2, 0.25) is 0 Å². The van der Waals surface area contributed by atoms with Gasteiger partial charge < -0.3 is 4.74 Å². The number of halogens is 2. The van der Waals surface area contributed by atoms with E-state index in [4.69, 9.17) is 16.3 Å². The number of hydrogen-bond donors (Lipinski definition) is 1. The maximum Gasteiger partial charge on any atom is 0.276 e. The topological polar surface area (TPSA) is 67.8 Å². The van der Waals surface area contributed by atoms with Gasteiger partial charge >= 0.3 is 0 Å². The molecular formula is C16H16BrClN2O3S. The molecule has 0 saturated heterocycles. The first-order valence-corrected chi connectivity index (χ1v) is 9.80. The van der Waals surface area contributed by atoms with Crippen LogP contribution >= 0.6 is 27.5 Å². The lowest BCUT2D eigenvalue weighted by Gasteiger charge is -2.08. The van der Waals surface area contributed by atoms with Crippen LogP contribution in [-0.2, 0) is 10.0 Å². The fraction of sp³-hybridized carbons (Fsp3) is 0.188. The van der Waals surface area contributed by atoms with Gasteiger partial charge in [0.05, 0.1) is 17.7 Å². The lowest BCUT2D eigenvalue weighted by atomic mass is 10.2. The molecule has 0 spiro atoms.